The average molecular weight is 471 g/mol. The van der Waals surface area contributed by atoms with Gasteiger partial charge in [0.1, 0.15) is 6.61 Å². The van der Waals surface area contributed by atoms with E-state index in [0.717, 1.165) is 11.1 Å². The van der Waals surface area contributed by atoms with Crippen molar-refractivity contribution >= 4 is 29.7 Å². The summed E-state index contributed by atoms with van der Waals surface area (Å²) in [5, 5.41) is 11.6. The van der Waals surface area contributed by atoms with Crippen molar-refractivity contribution in [3.8, 4) is 11.1 Å². The topological polar surface area (TPSA) is 95.9 Å². The largest absolute Gasteiger partial charge is 0.481 e. The summed E-state index contributed by atoms with van der Waals surface area (Å²) in [6.45, 7) is 4.57. The lowest BCUT2D eigenvalue weighted by Gasteiger charge is -2.26. The first-order valence-corrected chi connectivity index (χ1v) is 12.2. The molecule has 0 atom stereocenters. The highest BCUT2D eigenvalue weighted by Gasteiger charge is 2.29. The van der Waals surface area contributed by atoms with Crippen molar-refractivity contribution < 1.29 is 24.2 Å². The monoisotopic (exact) mass is 470 g/mol. The van der Waals surface area contributed by atoms with Gasteiger partial charge in [0.2, 0.25) is 5.91 Å². The molecule has 2 aromatic carbocycles. The second kappa shape index (κ2) is 11.7. The first-order valence-electron chi connectivity index (χ1n) is 11.1. The van der Waals surface area contributed by atoms with E-state index in [4.69, 9.17) is 9.84 Å². The number of fused-ring (bicyclic) bond motifs is 3. The molecule has 0 unspecified atom stereocenters. The number of carbonyl (C=O) groups is 3. The maximum absolute atomic E-state index is 12.3. The first-order chi connectivity index (χ1) is 15.9. The lowest BCUT2D eigenvalue weighted by molar-refractivity contribution is -0.138. The van der Waals surface area contributed by atoms with Gasteiger partial charge in [0.05, 0.1) is 12.2 Å². The zero-order valence-electron chi connectivity index (χ0n) is 19.0. The van der Waals surface area contributed by atoms with Gasteiger partial charge in [-0.3, -0.25) is 9.59 Å². The number of carboxylic acids is 1. The molecule has 8 heteroatoms. The number of thioether (sulfide) groups is 1. The van der Waals surface area contributed by atoms with Gasteiger partial charge in [-0.2, -0.15) is 11.8 Å². The van der Waals surface area contributed by atoms with E-state index in [1.165, 1.54) is 22.9 Å². The number of rotatable bonds is 11. The Morgan fingerprint density at radius 3 is 2.24 bits per heavy atom. The molecule has 0 aliphatic heterocycles. The van der Waals surface area contributed by atoms with Crippen LogP contribution in [0, 0.1) is 0 Å². The highest BCUT2D eigenvalue weighted by atomic mass is 32.2. The first kappa shape index (κ1) is 24.6. The van der Waals surface area contributed by atoms with Crippen LogP contribution in [0.1, 0.15) is 37.3 Å². The van der Waals surface area contributed by atoms with Crippen molar-refractivity contribution in [1.82, 2.24) is 10.2 Å². The summed E-state index contributed by atoms with van der Waals surface area (Å²) in [6, 6.07) is 16.3. The van der Waals surface area contributed by atoms with Gasteiger partial charge in [-0.25, -0.2) is 4.79 Å². The molecular formula is C25H30N2O5S. The summed E-state index contributed by atoms with van der Waals surface area (Å²) in [5.41, 5.74) is 4.69. The predicted octanol–water partition coefficient (Wildman–Crippen LogP) is 3.97. The van der Waals surface area contributed by atoms with Crippen LogP contribution in [0.25, 0.3) is 11.1 Å². The van der Waals surface area contributed by atoms with Crippen LogP contribution in [0.4, 0.5) is 4.79 Å². The molecule has 0 bridgehead atoms. The molecule has 33 heavy (non-hydrogen) atoms. The van der Waals surface area contributed by atoms with Gasteiger partial charge in [0.25, 0.3) is 0 Å². The number of amides is 2. The summed E-state index contributed by atoms with van der Waals surface area (Å²) in [4.78, 5) is 36.9. The minimum Gasteiger partial charge on any atom is -0.481 e. The van der Waals surface area contributed by atoms with E-state index >= 15 is 0 Å². The third kappa shape index (κ3) is 6.51. The molecule has 2 amide bonds. The van der Waals surface area contributed by atoms with Gasteiger partial charge in [0, 0.05) is 30.8 Å². The van der Waals surface area contributed by atoms with Gasteiger partial charge in [0.15, 0.2) is 0 Å². The lowest BCUT2D eigenvalue weighted by atomic mass is 9.98. The number of hydrogen-bond donors (Lipinski definition) is 2. The molecular weight excluding hydrogens is 440 g/mol. The number of alkyl carbamates (subject to hydrolysis) is 1. The SMILES string of the molecule is CC(C)N(CCC(=O)O)C(=O)CSCCNC(=O)OCC1c2ccccc2-c2ccccc21. The molecule has 0 fully saturated rings. The summed E-state index contributed by atoms with van der Waals surface area (Å²) in [6.07, 6.45) is -0.549. The molecule has 0 heterocycles. The number of nitrogens with one attached hydrogen (secondary N) is 1. The van der Waals surface area contributed by atoms with Gasteiger partial charge < -0.3 is 20.1 Å². The van der Waals surface area contributed by atoms with Crippen LogP contribution in [-0.2, 0) is 14.3 Å². The fourth-order valence-corrected chi connectivity index (χ4v) is 4.74. The van der Waals surface area contributed by atoms with Gasteiger partial charge in [-0.1, -0.05) is 48.5 Å². The Bertz CT molecular complexity index is 949. The van der Waals surface area contributed by atoms with E-state index in [2.05, 4.69) is 29.6 Å². The van der Waals surface area contributed by atoms with E-state index in [9.17, 15) is 14.4 Å². The van der Waals surface area contributed by atoms with Crippen LogP contribution >= 0.6 is 11.8 Å². The minimum atomic E-state index is -0.923. The van der Waals surface area contributed by atoms with Crippen molar-refractivity contribution in [2.45, 2.75) is 32.2 Å². The molecule has 0 saturated carbocycles. The van der Waals surface area contributed by atoms with Crippen LogP contribution in [0.2, 0.25) is 0 Å². The Morgan fingerprint density at radius 1 is 1.06 bits per heavy atom. The van der Waals surface area contributed by atoms with Crippen molar-refractivity contribution in [3.63, 3.8) is 0 Å². The van der Waals surface area contributed by atoms with Crippen molar-refractivity contribution in [2.75, 3.05) is 31.2 Å². The van der Waals surface area contributed by atoms with Gasteiger partial charge in [-0.15, -0.1) is 0 Å². The number of carbonyl (C=O) groups excluding carboxylic acids is 2. The number of hydrogen-bond acceptors (Lipinski definition) is 5. The van der Waals surface area contributed by atoms with Crippen LogP contribution in [0.15, 0.2) is 48.5 Å². The van der Waals surface area contributed by atoms with Crippen LogP contribution in [0.3, 0.4) is 0 Å². The second-order valence-corrected chi connectivity index (χ2v) is 9.23. The highest BCUT2D eigenvalue weighted by molar-refractivity contribution is 7.99. The Hall–Kier alpha value is -3.00. The van der Waals surface area contributed by atoms with E-state index in [1.54, 1.807) is 4.90 Å². The quantitative estimate of drug-likeness (QED) is 0.483. The Labute approximate surface area is 198 Å². The lowest BCUT2D eigenvalue weighted by Crippen LogP contribution is -2.39. The standard InChI is InChI=1S/C25H30N2O5S/c1-17(2)27(13-11-24(29)30)23(28)16-33-14-12-26-25(31)32-15-22-20-9-5-3-7-18(20)19-8-4-6-10-21(19)22/h3-10,17,22H,11-16H2,1-2H3,(H,26,31)(H,29,30). The van der Waals surface area contributed by atoms with Crippen LogP contribution in [-0.4, -0.2) is 65.2 Å². The number of nitrogens with zero attached hydrogens (tertiary/aromatic N) is 1. The number of aliphatic carboxylic acids is 1. The average Bonchev–Trinajstić information content (AvgIpc) is 3.11. The second-order valence-electron chi connectivity index (χ2n) is 8.13. The van der Waals surface area contributed by atoms with Crippen molar-refractivity contribution in [1.29, 1.82) is 0 Å². The van der Waals surface area contributed by atoms with E-state index in [0.29, 0.717) is 12.3 Å². The predicted molar refractivity (Wildman–Crippen MR) is 129 cm³/mol. The molecule has 1 aliphatic rings. The van der Waals surface area contributed by atoms with Crippen LogP contribution < -0.4 is 5.32 Å². The number of ether oxygens (including phenoxy) is 1. The Kier molecular flexibility index (Phi) is 8.77. The Morgan fingerprint density at radius 2 is 1.67 bits per heavy atom. The fraction of sp³-hybridized carbons (Fsp3) is 0.400. The zero-order valence-corrected chi connectivity index (χ0v) is 19.8. The fourth-order valence-electron chi connectivity index (χ4n) is 4.00. The molecule has 1 aliphatic carbocycles. The van der Waals surface area contributed by atoms with Crippen molar-refractivity contribution in [3.05, 3.63) is 59.7 Å². The smallest absolute Gasteiger partial charge is 0.407 e. The van der Waals surface area contributed by atoms with E-state index < -0.39 is 12.1 Å². The highest BCUT2D eigenvalue weighted by Crippen LogP contribution is 2.44. The third-order valence-electron chi connectivity index (χ3n) is 5.60. The molecule has 0 spiro atoms. The summed E-state index contributed by atoms with van der Waals surface area (Å²) in [5.74, 6) is -0.209. The molecule has 0 aromatic heterocycles. The van der Waals surface area contributed by atoms with Crippen molar-refractivity contribution in [2.24, 2.45) is 0 Å². The molecule has 2 aromatic rings. The minimum absolute atomic E-state index is 0.0166. The maximum atomic E-state index is 12.3. The Balaban J connectivity index is 1.39. The van der Waals surface area contributed by atoms with Gasteiger partial charge in [-0.05, 0) is 36.1 Å². The maximum Gasteiger partial charge on any atom is 0.407 e. The molecule has 0 saturated heterocycles. The summed E-state index contributed by atoms with van der Waals surface area (Å²) < 4.78 is 5.50. The number of benzene rings is 2. The normalized spacial score (nSPS) is 12.2. The van der Waals surface area contributed by atoms with E-state index in [1.807, 2.05) is 38.1 Å². The zero-order chi connectivity index (χ0) is 23.8. The van der Waals surface area contributed by atoms with Gasteiger partial charge >= 0.3 is 12.1 Å². The summed E-state index contributed by atoms with van der Waals surface area (Å²) in [7, 11) is 0. The molecule has 2 N–H and O–H groups in total. The molecule has 176 valence electrons. The van der Waals surface area contributed by atoms with Crippen LogP contribution in [0.5, 0.6) is 0 Å². The number of carboxylic acid groups (broad SMARTS) is 1. The third-order valence-corrected chi connectivity index (χ3v) is 6.54. The molecule has 3 rings (SSSR count). The van der Waals surface area contributed by atoms with E-state index in [-0.39, 0.29) is 43.2 Å². The molecule has 0 radical (unpaired) electrons. The molecule has 7 nitrogen and oxygen atoms in total. The summed E-state index contributed by atoms with van der Waals surface area (Å²) >= 11 is 1.40.